The first-order chi connectivity index (χ1) is 16.2. The molecule has 2 aromatic heterocycles. The van der Waals surface area contributed by atoms with Crippen LogP contribution in [0.25, 0.3) is 22.3 Å². The molecule has 0 atom stereocenters. The van der Waals surface area contributed by atoms with Crippen molar-refractivity contribution in [1.82, 2.24) is 20.3 Å². The van der Waals surface area contributed by atoms with Crippen LogP contribution < -0.4 is 15.1 Å². The first kappa shape index (κ1) is 20.1. The van der Waals surface area contributed by atoms with Crippen molar-refractivity contribution in [1.29, 1.82) is 0 Å². The van der Waals surface area contributed by atoms with Gasteiger partial charge in [-0.3, -0.25) is 9.78 Å². The summed E-state index contributed by atoms with van der Waals surface area (Å²) >= 11 is 6.23. The van der Waals surface area contributed by atoms with E-state index in [0.29, 0.717) is 18.9 Å². The van der Waals surface area contributed by atoms with Gasteiger partial charge in [0.1, 0.15) is 5.82 Å². The number of hydrogen-bond acceptors (Lipinski definition) is 6. The van der Waals surface area contributed by atoms with E-state index < -0.39 is 0 Å². The molecule has 1 saturated heterocycles. The summed E-state index contributed by atoms with van der Waals surface area (Å²) < 4.78 is 0. The molecular weight excluding hydrogens is 436 g/mol. The SMILES string of the molecule is O=C1CNCCN1c1ccc2c(N3CCc4cc(Cl)ccc43)nc(-c3cccnc3)nc2c1. The number of nitrogens with zero attached hydrogens (tertiary/aromatic N) is 5. The van der Waals surface area contributed by atoms with Gasteiger partial charge in [0.05, 0.1) is 12.1 Å². The van der Waals surface area contributed by atoms with Gasteiger partial charge >= 0.3 is 0 Å². The summed E-state index contributed by atoms with van der Waals surface area (Å²) in [5, 5.41) is 4.80. The topological polar surface area (TPSA) is 74.2 Å². The van der Waals surface area contributed by atoms with Gasteiger partial charge < -0.3 is 15.1 Å². The molecule has 4 aromatic rings. The van der Waals surface area contributed by atoms with Crippen LogP contribution in [0.3, 0.4) is 0 Å². The van der Waals surface area contributed by atoms with Crippen LogP contribution in [0.1, 0.15) is 5.56 Å². The normalized spacial score (nSPS) is 15.8. The molecule has 4 heterocycles. The lowest BCUT2D eigenvalue weighted by atomic mass is 10.1. The lowest BCUT2D eigenvalue weighted by Crippen LogP contribution is -2.48. The zero-order valence-electron chi connectivity index (χ0n) is 17.8. The quantitative estimate of drug-likeness (QED) is 0.502. The van der Waals surface area contributed by atoms with Crippen LogP contribution in [0.4, 0.5) is 17.2 Å². The van der Waals surface area contributed by atoms with Crippen molar-refractivity contribution in [3.63, 3.8) is 0 Å². The van der Waals surface area contributed by atoms with E-state index in [9.17, 15) is 4.79 Å². The Hall–Kier alpha value is -3.55. The average Bonchev–Trinajstić information content (AvgIpc) is 3.26. The van der Waals surface area contributed by atoms with E-state index in [-0.39, 0.29) is 5.91 Å². The summed E-state index contributed by atoms with van der Waals surface area (Å²) in [6.45, 7) is 2.57. The number of nitrogens with one attached hydrogen (secondary N) is 1. The summed E-state index contributed by atoms with van der Waals surface area (Å²) in [7, 11) is 0. The number of aromatic nitrogens is 3. The van der Waals surface area contributed by atoms with E-state index in [4.69, 9.17) is 21.6 Å². The number of hydrogen-bond donors (Lipinski definition) is 1. The number of piperazine rings is 1. The fourth-order valence-electron chi connectivity index (χ4n) is 4.57. The highest BCUT2D eigenvalue weighted by molar-refractivity contribution is 6.30. The Kier molecular flexibility index (Phi) is 4.93. The molecule has 2 aliphatic rings. The molecule has 2 aromatic carbocycles. The monoisotopic (exact) mass is 456 g/mol. The number of rotatable bonds is 3. The second kappa shape index (κ2) is 8.10. The fourth-order valence-corrected chi connectivity index (χ4v) is 4.76. The lowest BCUT2D eigenvalue weighted by molar-refractivity contribution is -0.118. The van der Waals surface area contributed by atoms with E-state index in [1.165, 1.54) is 5.56 Å². The summed E-state index contributed by atoms with van der Waals surface area (Å²) in [6, 6.07) is 15.8. The number of anilines is 3. The van der Waals surface area contributed by atoms with E-state index >= 15 is 0 Å². The molecule has 1 N–H and O–H groups in total. The van der Waals surface area contributed by atoms with Gasteiger partial charge in [0.15, 0.2) is 5.82 Å². The molecule has 0 bridgehead atoms. The summed E-state index contributed by atoms with van der Waals surface area (Å²) in [5.74, 6) is 1.52. The average molecular weight is 457 g/mol. The van der Waals surface area contributed by atoms with Gasteiger partial charge in [-0.05, 0) is 60.5 Å². The maximum Gasteiger partial charge on any atom is 0.240 e. The smallest absolute Gasteiger partial charge is 0.240 e. The molecule has 33 heavy (non-hydrogen) atoms. The molecule has 6 rings (SSSR count). The fraction of sp³-hybridized carbons (Fsp3) is 0.200. The van der Waals surface area contributed by atoms with Gasteiger partial charge in [0, 0.05) is 59.4 Å². The second-order valence-corrected chi connectivity index (χ2v) is 8.65. The van der Waals surface area contributed by atoms with Crippen molar-refractivity contribution < 1.29 is 4.79 Å². The van der Waals surface area contributed by atoms with Gasteiger partial charge in [-0.1, -0.05) is 11.6 Å². The zero-order chi connectivity index (χ0) is 22.4. The molecule has 164 valence electrons. The third kappa shape index (κ3) is 3.59. The number of pyridine rings is 1. The van der Waals surface area contributed by atoms with Crippen LogP contribution in [0.15, 0.2) is 60.9 Å². The van der Waals surface area contributed by atoms with Crippen LogP contribution in [0.5, 0.6) is 0 Å². The molecule has 0 radical (unpaired) electrons. The van der Waals surface area contributed by atoms with Crippen molar-refractivity contribution >= 4 is 45.6 Å². The Balaban J connectivity index is 1.53. The number of amides is 1. The molecular formula is C25H21ClN6O. The summed E-state index contributed by atoms with van der Waals surface area (Å²) in [5.41, 5.74) is 4.81. The van der Waals surface area contributed by atoms with Crippen LogP contribution >= 0.6 is 11.6 Å². The van der Waals surface area contributed by atoms with Crippen LogP contribution in [0.2, 0.25) is 5.02 Å². The number of carbonyl (C=O) groups is 1. The zero-order valence-corrected chi connectivity index (χ0v) is 18.6. The predicted octanol–water partition coefficient (Wildman–Crippen LogP) is 3.98. The van der Waals surface area contributed by atoms with Gasteiger partial charge in [0.25, 0.3) is 0 Å². The largest absolute Gasteiger partial charge is 0.325 e. The third-order valence-corrected chi connectivity index (χ3v) is 6.41. The Morgan fingerprint density at radius 1 is 1.00 bits per heavy atom. The Bertz CT molecular complexity index is 1380. The minimum Gasteiger partial charge on any atom is -0.325 e. The number of halogens is 1. The molecule has 0 unspecified atom stereocenters. The Morgan fingerprint density at radius 3 is 2.79 bits per heavy atom. The highest BCUT2D eigenvalue weighted by atomic mass is 35.5. The first-order valence-corrected chi connectivity index (χ1v) is 11.3. The maximum absolute atomic E-state index is 12.5. The highest BCUT2D eigenvalue weighted by Crippen LogP contribution is 2.39. The minimum atomic E-state index is 0.0627. The van der Waals surface area contributed by atoms with E-state index in [1.54, 1.807) is 12.4 Å². The minimum absolute atomic E-state index is 0.0627. The van der Waals surface area contributed by atoms with Crippen molar-refractivity contribution in [2.75, 3.05) is 36.0 Å². The molecule has 1 amide bonds. The molecule has 1 fully saturated rings. The number of carbonyl (C=O) groups excluding carboxylic acids is 1. The predicted molar refractivity (Wildman–Crippen MR) is 130 cm³/mol. The molecule has 7 nitrogen and oxygen atoms in total. The highest BCUT2D eigenvalue weighted by Gasteiger charge is 2.26. The van der Waals surface area contributed by atoms with E-state index in [2.05, 4.69) is 21.3 Å². The van der Waals surface area contributed by atoms with E-state index in [1.807, 2.05) is 47.4 Å². The third-order valence-electron chi connectivity index (χ3n) is 6.17. The van der Waals surface area contributed by atoms with Crippen molar-refractivity contribution in [2.45, 2.75) is 6.42 Å². The van der Waals surface area contributed by atoms with Crippen molar-refractivity contribution in [2.24, 2.45) is 0 Å². The van der Waals surface area contributed by atoms with Gasteiger partial charge in [-0.2, -0.15) is 0 Å². The summed E-state index contributed by atoms with van der Waals surface area (Å²) in [6.07, 6.45) is 4.41. The van der Waals surface area contributed by atoms with Gasteiger partial charge in [0.2, 0.25) is 5.91 Å². The maximum atomic E-state index is 12.5. The molecule has 2 aliphatic heterocycles. The molecule has 0 saturated carbocycles. The lowest BCUT2D eigenvalue weighted by Gasteiger charge is -2.28. The van der Waals surface area contributed by atoms with Crippen molar-refractivity contribution in [3.8, 4) is 11.4 Å². The van der Waals surface area contributed by atoms with Crippen LogP contribution in [-0.2, 0) is 11.2 Å². The molecule has 0 aliphatic carbocycles. The molecule has 8 heteroatoms. The van der Waals surface area contributed by atoms with Gasteiger partial charge in [-0.25, -0.2) is 9.97 Å². The number of fused-ring (bicyclic) bond motifs is 2. The second-order valence-electron chi connectivity index (χ2n) is 8.21. The van der Waals surface area contributed by atoms with Gasteiger partial charge in [-0.15, -0.1) is 0 Å². The molecule has 0 spiro atoms. The van der Waals surface area contributed by atoms with E-state index in [0.717, 1.165) is 58.2 Å². The van der Waals surface area contributed by atoms with Crippen LogP contribution in [-0.4, -0.2) is 47.0 Å². The summed E-state index contributed by atoms with van der Waals surface area (Å²) in [4.78, 5) is 30.6. The Labute approximate surface area is 196 Å². The number of benzene rings is 2. The first-order valence-electron chi connectivity index (χ1n) is 11.0. The Morgan fingerprint density at radius 2 is 1.94 bits per heavy atom. The standard InChI is InChI=1S/C25H21ClN6O/c26-18-3-6-22-16(12-18)7-10-32(22)25-20-5-4-19(31-11-9-28-15-23(31)33)13-21(20)29-24(30-25)17-2-1-8-27-14-17/h1-6,8,12-14,28H,7,9-11,15H2. The van der Waals surface area contributed by atoms with Crippen molar-refractivity contribution in [3.05, 3.63) is 71.5 Å². The van der Waals surface area contributed by atoms with Crippen LogP contribution in [0, 0.1) is 0 Å².